The molecule has 0 bridgehead atoms. The highest BCUT2D eigenvalue weighted by Gasteiger charge is 2.27. The van der Waals surface area contributed by atoms with Crippen LogP contribution in [0.2, 0.25) is 0 Å². The van der Waals surface area contributed by atoms with Gasteiger partial charge in [-0.05, 0) is 32.5 Å². The van der Waals surface area contributed by atoms with E-state index in [1.165, 1.54) is 0 Å². The zero-order chi connectivity index (χ0) is 13.2. The van der Waals surface area contributed by atoms with Crippen LogP contribution in [0.15, 0.2) is 0 Å². The van der Waals surface area contributed by atoms with Crippen LogP contribution in [-0.4, -0.2) is 21.0 Å². The third-order valence-corrected chi connectivity index (χ3v) is 3.34. The highest BCUT2D eigenvalue weighted by atomic mass is 35.5. The van der Waals surface area contributed by atoms with Crippen LogP contribution in [0, 0.1) is 13.8 Å². The minimum absolute atomic E-state index is 0.0332. The Morgan fingerprint density at radius 1 is 1.41 bits per heavy atom. The van der Waals surface area contributed by atoms with Gasteiger partial charge in [0.15, 0.2) is 0 Å². The Balaban J connectivity index is 2.70. The lowest BCUT2D eigenvalue weighted by atomic mass is 10.1. The number of aromatic nitrogens is 2. The van der Waals surface area contributed by atoms with E-state index in [-0.39, 0.29) is 29.4 Å². The highest BCUT2D eigenvalue weighted by Crippen LogP contribution is 2.31. The number of thioether (sulfide) groups is 1. The molecular formula is C10H14ClF3N2S. The Hall–Kier alpha value is -0.360. The number of rotatable bonds is 4. The molecule has 0 fully saturated rings. The van der Waals surface area contributed by atoms with E-state index < -0.39 is 5.51 Å². The lowest BCUT2D eigenvalue weighted by Gasteiger charge is -2.08. The van der Waals surface area contributed by atoms with Gasteiger partial charge in [0.1, 0.15) is 0 Å². The van der Waals surface area contributed by atoms with Gasteiger partial charge in [0, 0.05) is 17.0 Å². The average molecular weight is 287 g/mol. The summed E-state index contributed by atoms with van der Waals surface area (Å²) in [6, 6.07) is 0. The van der Waals surface area contributed by atoms with Crippen LogP contribution >= 0.6 is 23.4 Å². The van der Waals surface area contributed by atoms with Crippen LogP contribution in [0.5, 0.6) is 0 Å². The summed E-state index contributed by atoms with van der Waals surface area (Å²) in [5.41, 5.74) is -1.66. The van der Waals surface area contributed by atoms with Crippen LogP contribution < -0.4 is 0 Å². The number of aryl methyl sites for hydroxylation is 2. The summed E-state index contributed by atoms with van der Waals surface area (Å²) < 4.78 is 37.5. The summed E-state index contributed by atoms with van der Waals surface area (Å²) in [7, 11) is 0. The fraction of sp³-hybridized carbons (Fsp3) is 0.700. The quantitative estimate of drug-likeness (QED) is 0.777. The zero-order valence-corrected chi connectivity index (χ0v) is 11.4. The standard InChI is InChI=1S/C10H14ClF3N2S/c1-6(11)9-7(2)15-16(8(9)3)4-5-17-10(12,13)14/h6H,4-5H2,1-3H3. The van der Waals surface area contributed by atoms with Gasteiger partial charge in [0.2, 0.25) is 0 Å². The highest BCUT2D eigenvalue weighted by molar-refractivity contribution is 8.00. The van der Waals surface area contributed by atoms with Gasteiger partial charge < -0.3 is 0 Å². The minimum Gasteiger partial charge on any atom is -0.268 e. The van der Waals surface area contributed by atoms with E-state index in [4.69, 9.17) is 11.6 Å². The summed E-state index contributed by atoms with van der Waals surface area (Å²) in [4.78, 5) is 0. The summed E-state index contributed by atoms with van der Waals surface area (Å²) in [5.74, 6) is -0.0401. The van der Waals surface area contributed by atoms with E-state index in [2.05, 4.69) is 5.10 Å². The predicted molar refractivity (Wildman–Crippen MR) is 64.5 cm³/mol. The van der Waals surface area contributed by atoms with Crippen molar-refractivity contribution in [1.82, 2.24) is 9.78 Å². The van der Waals surface area contributed by atoms with Gasteiger partial charge in [-0.3, -0.25) is 4.68 Å². The number of halogens is 4. The molecule has 0 saturated carbocycles. The number of nitrogens with zero attached hydrogens (tertiary/aromatic N) is 2. The largest absolute Gasteiger partial charge is 0.441 e. The Morgan fingerprint density at radius 3 is 2.41 bits per heavy atom. The topological polar surface area (TPSA) is 17.8 Å². The molecule has 1 aromatic heterocycles. The molecule has 0 amide bonds. The van der Waals surface area contributed by atoms with Crippen molar-refractivity contribution in [3.05, 3.63) is 17.0 Å². The maximum atomic E-state index is 12.0. The van der Waals surface area contributed by atoms with Crippen LogP contribution in [-0.2, 0) is 6.54 Å². The van der Waals surface area contributed by atoms with Crippen LogP contribution in [0.4, 0.5) is 13.2 Å². The molecule has 0 saturated heterocycles. The third-order valence-electron chi connectivity index (χ3n) is 2.40. The average Bonchev–Trinajstić information content (AvgIpc) is 2.39. The third kappa shape index (κ3) is 4.10. The second-order valence-corrected chi connectivity index (χ2v) is 5.53. The summed E-state index contributed by atoms with van der Waals surface area (Å²) in [5, 5.41) is 4.02. The zero-order valence-electron chi connectivity index (χ0n) is 9.81. The first kappa shape index (κ1) is 14.7. The summed E-state index contributed by atoms with van der Waals surface area (Å²) in [6.07, 6.45) is 0. The molecule has 17 heavy (non-hydrogen) atoms. The van der Waals surface area contributed by atoms with Crippen molar-refractivity contribution >= 4 is 23.4 Å². The van der Waals surface area contributed by atoms with Crippen molar-refractivity contribution in [2.24, 2.45) is 0 Å². The van der Waals surface area contributed by atoms with Gasteiger partial charge in [-0.25, -0.2) is 0 Å². The first-order valence-electron chi connectivity index (χ1n) is 5.11. The Kier molecular flexibility index (Phi) is 4.77. The van der Waals surface area contributed by atoms with Crippen molar-refractivity contribution < 1.29 is 13.2 Å². The molecule has 0 aromatic carbocycles. The SMILES string of the molecule is Cc1nn(CCSC(F)(F)F)c(C)c1C(C)Cl. The smallest absolute Gasteiger partial charge is 0.268 e. The van der Waals surface area contributed by atoms with Crippen molar-refractivity contribution in [3.8, 4) is 0 Å². The molecule has 1 unspecified atom stereocenters. The number of hydrogen-bond acceptors (Lipinski definition) is 2. The predicted octanol–water partition coefficient (Wildman–Crippen LogP) is 4.05. The minimum atomic E-state index is -4.18. The van der Waals surface area contributed by atoms with Gasteiger partial charge >= 0.3 is 5.51 Å². The van der Waals surface area contributed by atoms with Gasteiger partial charge in [-0.2, -0.15) is 18.3 Å². The summed E-state index contributed by atoms with van der Waals surface area (Å²) in [6.45, 7) is 5.70. The number of hydrogen-bond donors (Lipinski definition) is 0. The van der Waals surface area contributed by atoms with Crippen molar-refractivity contribution in [2.45, 2.75) is 38.2 Å². The van der Waals surface area contributed by atoms with Crippen LogP contribution in [0.25, 0.3) is 0 Å². The second kappa shape index (κ2) is 5.52. The first-order chi connectivity index (χ1) is 7.72. The van der Waals surface area contributed by atoms with Gasteiger partial charge in [-0.1, -0.05) is 0 Å². The van der Waals surface area contributed by atoms with E-state index in [1.54, 1.807) is 4.68 Å². The molecule has 0 aliphatic carbocycles. The molecular weight excluding hydrogens is 273 g/mol. The maximum Gasteiger partial charge on any atom is 0.441 e. The van der Waals surface area contributed by atoms with E-state index in [0.717, 1.165) is 17.0 Å². The lowest BCUT2D eigenvalue weighted by Crippen LogP contribution is -2.09. The molecule has 7 heteroatoms. The van der Waals surface area contributed by atoms with Crippen LogP contribution in [0.1, 0.15) is 29.3 Å². The monoisotopic (exact) mass is 286 g/mol. The molecule has 0 aliphatic heterocycles. The number of alkyl halides is 4. The molecule has 2 nitrogen and oxygen atoms in total. The Labute approximate surface area is 108 Å². The first-order valence-corrected chi connectivity index (χ1v) is 6.53. The fourth-order valence-electron chi connectivity index (χ4n) is 1.75. The Bertz CT molecular complexity index is 388. The van der Waals surface area contributed by atoms with Crippen LogP contribution in [0.3, 0.4) is 0 Å². The molecule has 0 radical (unpaired) electrons. The lowest BCUT2D eigenvalue weighted by molar-refractivity contribution is -0.0328. The van der Waals surface area contributed by atoms with E-state index >= 15 is 0 Å². The molecule has 1 aromatic rings. The fourth-order valence-corrected chi connectivity index (χ4v) is 2.56. The van der Waals surface area contributed by atoms with Crippen molar-refractivity contribution in [3.63, 3.8) is 0 Å². The molecule has 0 N–H and O–H groups in total. The van der Waals surface area contributed by atoms with E-state index in [9.17, 15) is 13.2 Å². The summed E-state index contributed by atoms with van der Waals surface area (Å²) >= 11 is 5.96. The maximum absolute atomic E-state index is 12.0. The molecule has 0 aliphatic rings. The second-order valence-electron chi connectivity index (χ2n) is 3.72. The van der Waals surface area contributed by atoms with Gasteiger partial charge in [-0.15, -0.1) is 11.6 Å². The van der Waals surface area contributed by atoms with Gasteiger partial charge in [0.25, 0.3) is 0 Å². The molecule has 0 spiro atoms. The molecule has 1 atom stereocenters. The molecule has 1 heterocycles. The van der Waals surface area contributed by atoms with E-state index in [1.807, 2.05) is 20.8 Å². The van der Waals surface area contributed by atoms with E-state index in [0.29, 0.717) is 0 Å². The normalized spacial score (nSPS) is 14.1. The molecule has 98 valence electrons. The van der Waals surface area contributed by atoms with Crippen molar-refractivity contribution in [2.75, 3.05) is 5.75 Å². The Morgan fingerprint density at radius 2 is 2.00 bits per heavy atom. The van der Waals surface area contributed by atoms with Gasteiger partial charge in [0.05, 0.1) is 17.6 Å². The molecule has 1 rings (SSSR count). The van der Waals surface area contributed by atoms with Crippen molar-refractivity contribution in [1.29, 1.82) is 0 Å².